The van der Waals surface area contributed by atoms with E-state index in [0.717, 1.165) is 28.1 Å². The highest BCUT2D eigenvalue weighted by Gasteiger charge is 2.23. The molecule has 0 aromatic heterocycles. The molecule has 0 atom stereocenters. The number of hydrogen-bond donors (Lipinski definition) is 1. The van der Waals surface area contributed by atoms with Gasteiger partial charge in [-0.25, -0.2) is 0 Å². The van der Waals surface area contributed by atoms with Crippen molar-refractivity contribution in [3.05, 3.63) is 59.2 Å². The summed E-state index contributed by atoms with van der Waals surface area (Å²) >= 11 is 0. The lowest BCUT2D eigenvalue weighted by Crippen LogP contribution is -2.52. The van der Waals surface area contributed by atoms with Gasteiger partial charge in [0.15, 0.2) is 0 Å². The van der Waals surface area contributed by atoms with E-state index in [4.69, 9.17) is 4.74 Å². The molecule has 0 spiro atoms. The first-order valence-electron chi connectivity index (χ1n) is 11.0. The molecule has 2 aromatic carbocycles. The molecule has 0 radical (unpaired) electrons. The Morgan fingerprint density at radius 2 is 1.62 bits per heavy atom. The van der Waals surface area contributed by atoms with Gasteiger partial charge < -0.3 is 15.0 Å². The molecule has 2 aromatic rings. The molecule has 1 N–H and O–H groups in total. The van der Waals surface area contributed by atoms with E-state index in [0.29, 0.717) is 45.8 Å². The van der Waals surface area contributed by atoms with Crippen LogP contribution in [0.5, 0.6) is 5.75 Å². The van der Waals surface area contributed by atoms with E-state index < -0.39 is 0 Å². The molecule has 1 saturated heterocycles. The van der Waals surface area contributed by atoms with Crippen LogP contribution in [0.15, 0.2) is 42.5 Å². The smallest absolute Gasteiger partial charge is 0.238 e. The summed E-state index contributed by atoms with van der Waals surface area (Å²) in [7, 11) is 3.60. The average molecular weight is 439 g/mol. The fourth-order valence-corrected chi connectivity index (χ4v) is 3.98. The van der Waals surface area contributed by atoms with Crippen LogP contribution >= 0.6 is 0 Å². The Balaban J connectivity index is 1.41. The fraction of sp³-hybridized carbons (Fsp3) is 0.440. The Kier molecular flexibility index (Phi) is 8.25. The third-order valence-electron chi connectivity index (χ3n) is 5.85. The molecule has 1 aliphatic heterocycles. The third kappa shape index (κ3) is 6.55. The number of hydrogen-bond acceptors (Lipinski definition) is 5. The molecule has 0 bridgehead atoms. The van der Waals surface area contributed by atoms with Gasteiger partial charge in [-0.05, 0) is 49.7 Å². The number of rotatable bonds is 8. The summed E-state index contributed by atoms with van der Waals surface area (Å²) in [6, 6.07) is 13.9. The molecule has 3 rings (SSSR count). The quantitative estimate of drug-likeness (QED) is 0.686. The molecule has 0 unspecified atom stereocenters. The zero-order valence-corrected chi connectivity index (χ0v) is 19.6. The van der Waals surface area contributed by atoms with Crippen molar-refractivity contribution in [2.24, 2.45) is 0 Å². The summed E-state index contributed by atoms with van der Waals surface area (Å²) < 4.78 is 5.19. The Morgan fingerprint density at radius 1 is 1.00 bits per heavy atom. The van der Waals surface area contributed by atoms with Gasteiger partial charge in [0.1, 0.15) is 5.75 Å². The van der Waals surface area contributed by atoms with E-state index in [1.54, 1.807) is 7.11 Å². The van der Waals surface area contributed by atoms with E-state index in [9.17, 15) is 9.59 Å². The van der Waals surface area contributed by atoms with Crippen molar-refractivity contribution in [1.29, 1.82) is 0 Å². The van der Waals surface area contributed by atoms with Crippen molar-refractivity contribution >= 4 is 17.5 Å². The second-order valence-corrected chi connectivity index (χ2v) is 8.49. The van der Waals surface area contributed by atoms with Crippen LogP contribution in [0.3, 0.4) is 0 Å². The summed E-state index contributed by atoms with van der Waals surface area (Å²) in [4.78, 5) is 31.2. The van der Waals surface area contributed by atoms with Gasteiger partial charge in [-0.1, -0.05) is 30.3 Å². The number of nitrogens with one attached hydrogen (secondary N) is 1. The second kappa shape index (κ2) is 11.1. The van der Waals surface area contributed by atoms with Gasteiger partial charge in [-0.2, -0.15) is 0 Å². The van der Waals surface area contributed by atoms with Crippen molar-refractivity contribution in [2.75, 3.05) is 58.7 Å². The topological polar surface area (TPSA) is 65.1 Å². The summed E-state index contributed by atoms with van der Waals surface area (Å²) in [6.45, 7) is 8.11. The lowest BCUT2D eigenvalue weighted by Gasteiger charge is -2.35. The van der Waals surface area contributed by atoms with E-state index in [-0.39, 0.29) is 11.8 Å². The maximum atomic E-state index is 12.7. The first kappa shape index (κ1) is 23.8. The van der Waals surface area contributed by atoms with E-state index >= 15 is 0 Å². The predicted molar refractivity (Wildman–Crippen MR) is 127 cm³/mol. The molecular formula is C25H34N4O3. The Morgan fingerprint density at radius 3 is 2.22 bits per heavy atom. The molecule has 172 valence electrons. The number of piperazine rings is 1. The van der Waals surface area contributed by atoms with Crippen molar-refractivity contribution in [3.63, 3.8) is 0 Å². The summed E-state index contributed by atoms with van der Waals surface area (Å²) in [5.41, 5.74) is 4.16. The lowest BCUT2D eigenvalue weighted by molar-refractivity contribution is -0.134. The molecule has 32 heavy (non-hydrogen) atoms. The van der Waals surface area contributed by atoms with Gasteiger partial charge in [-0.3, -0.25) is 19.4 Å². The highest BCUT2D eigenvalue weighted by molar-refractivity contribution is 5.93. The summed E-state index contributed by atoms with van der Waals surface area (Å²) in [5.74, 6) is 0.940. The number of para-hydroxylation sites is 1. The van der Waals surface area contributed by atoms with Gasteiger partial charge in [-0.15, -0.1) is 0 Å². The van der Waals surface area contributed by atoms with Crippen LogP contribution in [-0.4, -0.2) is 79.9 Å². The maximum Gasteiger partial charge on any atom is 0.238 e. The van der Waals surface area contributed by atoms with Crippen LogP contribution in [-0.2, 0) is 16.1 Å². The van der Waals surface area contributed by atoms with Gasteiger partial charge in [0.25, 0.3) is 0 Å². The second-order valence-electron chi connectivity index (χ2n) is 8.49. The summed E-state index contributed by atoms with van der Waals surface area (Å²) in [6.07, 6.45) is 0. The van der Waals surface area contributed by atoms with E-state index in [2.05, 4.69) is 10.2 Å². The highest BCUT2D eigenvalue weighted by Crippen LogP contribution is 2.19. The number of carbonyl (C=O) groups excluding carboxylic acids is 2. The molecule has 2 amide bonds. The van der Waals surface area contributed by atoms with Crippen LogP contribution in [0.1, 0.15) is 16.7 Å². The van der Waals surface area contributed by atoms with Crippen molar-refractivity contribution < 1.29 is 14.3 Å². The minimum atomic E-state index is -0.0126. The minimum Gasteiger partial charge on any atom is -0.497 e. The van der Waals surface area contributed by atoms with E-state index in [1.165, 1.54) is 0 Å². The van der Waals surface area contributed by atoms with Crippen molar-refractivity contribution in [1.82, 2.24) is 14.7 Å². The average Bonchev–Trinajstić information content (AvgIpc) is 2.77. The Hall–Kier alpha value is -2.90. The molecule has 0 aliphatic carbocycles. The standard InChI is InChI=1S/C25H34N4O3/c1-19-6-5-7-20(2)25(19)26-23(30)17-28-12-14-29(15-13-28)24(31)18-27(3)16-21-8-10-22(32-4)11-9-21/h5-11H,12-18H2,1-4H3,(H,26,30). The van der Waals surface area contributed by atoms with Crippen LogP contribution in [0, 0.1) is 13.8 Å². The largest absolute Gasteiger partial charge is 0.497 e. The van der Waals surface area contributed by atoms with Crippen LogP contribution in [0.2, 0.25) is 0 Å². The van der Waals surface area contributed by atoms with Crippen LogP contribution in [0.25, 0.3) is 0 Å². The van der Waals surface area contributed by atoms with Gasteiger partial charge in [0.2, 0.25) is 11.8 Å². The number of ether oxygens (including phenoxy) is 1. The SMILES string of the molecule is COc1ccc(CN(C)CC(=O)N2CCN(CC(=O)Nc3c(C)cccc3C)CC2)cc1. The van der Waals surface area contributed by atoms with Crippen molar-refractivity contribution in [3.8, 4) is 5.75 Å². The number of methoxy groups -OCH3 is 1. The predicted octanol–water partition coefficient (Wildman–Crippen LogP) is 2.53. The Bertz CT molecular complexity index is 901. The number of carbonyl (C=O) groups is 2. The molecule has 1 heterocycles. The molecule has 0 saturated carbocycles. The Labute approximate surface area is 190 Å². The number of anilines is 1. The fourth-order valence-electron chi connectivity index (χ4n) is 3.98. The molecular weight excluding hydrogens is 404 g/mol. The first-order chi connectivity index (χ1) is 15.4. The third-order valence-corrected chi connectivity index (χ3v) is 5.85. The minimum absolute atomic E-state index is 0.0126. The number of aryl methyl sites for hydroxylation is 2. The maximum absolute atomic E-state index is 12.7. The van der Waals surface area contributed by atoms with Crippen LogP contribution in [0.4, 0.5) is 5.69 Å². The molecule has 7 nitrogen and oxygen atoms in total. The first-order valence-corrected chi connectivity index (χ1v) is 11.0. The van der Waals surface area contributed by atoms with E-state index in [1.807, 2.05) is 73.2 Å². The lowest BCUT2D eigenvalue weighted by atomic mass is 10.1. The van der Waals surface area contributed by atoms with Gasteiger partial charge >= 0.3 is 0 Å². The van der Waals surface area contributed by atoms with Gasteiger partial charge in [0.05, 0.1) is 20.2 Å². The number of benzene rings is 2. The monoisotopic (exact) mass is 438 g/mol. The van der Waals surface area contributed by atoms with Crippen LogP contribution < -0.4 is 10.1 Å². The zero-order chi connectivity index (χ0) is 23.1. The van der Waals surface area contributed by atoms with Gasteiger partial charge in [0, 0.05) is 38.4 Å². The molecule has 7 heteroatoms. The number of likely N-dealkylation sites (N-methyl/N-ethyl adjacent to an activating group) is 1. The molecule has 1 aliphatic rings. The summed E-state index contributed by atoms with van der Waals surface area (Å²) in [5, 5.41) is 3.04. The van der Waals surface area contributed by atoms with Crippen molar-refractivity contribution in [2.45, 2.75) is 20.4 Å². The normalized spacial score (nSPS) is 14.5. The highest BCUT2D eigenvalue weighted by atomic mass is 16.5. The number of amides is 2. The zero-order valence-electron chi connectivity index (χ0n) is 19.6. The molecule has 1 fully saturated rings. The number of nitrogens with zero attached hydrogens (tertiary/aromatic N) is 3.